The molecule has 1 fully saturated rings. The highest BCUT2D eigenvalue weighted by atomic mass is 32.1. The first-order valence-electron chi connectivity index (χ1n) is 7.11. The van der Waals surface area contributed by atoms with Gasteiger partial charge in [-0.15, -0.1) is 0 Å². The molecule has 1 unspecified atom stereocenters. The lowest BCUT2D eigenvalue weighted by atomic mass is 10.1. The maximum atomic E-state index is 12.0. The summed E-state index contributed by atoms with van der Waals surface area (Å²) >= 11 is 5.40. The van der Waals surface area contributed by atoms with Crippen molar-refractivity contribution in [1.82, 2.24) is 10.2 Å². The van der Waals surface area contributed by atoms with E-state index < -0.39 is 12.0 Å². The predicted molar refractivity (Wildman–Crippen MR) is 89.4 cm³/mol. The number of carbonyl (C=O) groups is 2. The first kappa shape index (κ1) is 17.0. The third-order valence-corrected chi connectivity index (χ3v) is 3.84. The van der Waals surface area contributed by atoms with E-state index in [-0.39, 0.29) is 12.3 Å². The van der Waals surface area contributed by atoms with Crippen molar-refractivity contribution in [2.75, 3.05) is 32.6 Å². The van der Waals surface area contributed by atoms with Crippen molar-refractivity contribution in [1.29, 1.82) is 0 Å². The van der Waals surface area contributed by atoms with Crippen molar-refractivity contribution < 1.29 is 19.1 Å². The number of anilines is 1. The van der Waals surface area contributed by atoms with E-state index in [0.29, 0.717) is 24.0 Å². The van der Waals surface area contributed by atoms with Crippen LogP contribution in [0.5, 0.6) is 5.75 Å². The number of ether oxygens (including phenoxy) is 2. The summed E-state index contributed by atoms with van der Waals surface area (Å²) in [7, 11) is 2.87. The van der Waals surface area contributed by atoms with Crippen LogP contribution in [0.15, 0.2) is 24.3 Å². The average molecular weight is 337 g/mol. The van der Waals surface area contributed by atoms with Crippen LogP contribution in [0, 0.1) is 0 Å². The smallest absolute Gasteiger partial charge is 0.308 e. The van der Waals surface area contributed by atoms with Gasteiger partial charge in [-0.1, -0.05) is 6.07 Å². The van der Waals surface area contributed by atoms with Crippen LogP contribution in [-0.4, -0.2) is 55.2 Å². The van der Waals surface area contributed by atoms with E-state index in [1.54, 1.807) is 18.1 Å². The lowest BCUT2D eigenvalue weighted by molar-refractivity contribution is -0.144. The highest BCUT2D eigenvalue weighted by molar-refractivity contribution is 7.80. The minimum atomic E-state index is -0.679. The molecule has 1 aliphatic rings. The first-order chi connectivity index (χ1) is 11.0. The quantitative estimate of drug-likeness (QED) is 0.620. The number of piperazine rings is 1. The molecule has 1 aromatic carbocycles. The predicted octanol–water partition coefficient (Wildman–Crippen LogP) is 0.756. The Balaban J connectivity index is 2.11. The van der Waals surface area contributed by atoms with Crippen molar-refractivity contribution in [3.8, 4) is 5.75 Å². The Morgan fingerprint density at radius 1 is 1.48 bits per heavy atom. The number of amides is 1. The molecule has 0 bridgehead atoms. The molecule has 124 valence electrons. The van der Waals surface area contributed by atoms with Gasteiger partial charge >= 0.3 is 5.97 Å². The van der Waals surface area contributed by atoms with Crippen LogP contribution in [0.4, 0.5) is 5.69 Å². The number of thiocarbonyl (C=S) groups is 1. The highest BCUT2D eigenvalue weighted by Crippen LogP contribution is 2.18. The molecule has 0 saturated carbocycles. The molecule has 8 heteroatoms. The number of nitrogens with one attached hydrogen (secondary N) is 2. The molecule has 1 atom stereocenters. The monoisotopic (exact) mass is 337 g/mol. The second-order valence-electron chi connectivity index (χ2n) is 4.94. The van der Waals surface area contributed by atoms with Crippen molar-refractivity contribution in [3.63, 3.8) is 0 Å². The number of esters is 1. The molecule has 0 aromatic heterocycles. The van der Waals surface area contributed by atoms with Crippen LogP contribution in [0.1, 0.15) is 6.42 Å². The summed E-state index contributed by atoms with van der Waals surface area (Å²) in [4.78, 5) is 25.3. The van der Waals surface area contributed by atoms with Crippen LogP contribution in [0.3, 0.4) is 0 Å². The zero-order valence-corrected chi connectivity index (χ0v) is 13.8. The third kappa shape index (κ3) is 4.32. The van der Waals surface area contributed by atoms with Crippen LogP contribution in [0.2, 0.25) is 0 Å². The molecule has 1 heterocycles. The second kappa shape index (κ2) is 7.77. The van der Waals surface area contributed by atoms with Crippen LogP contribution < -0.4 is 15.4 Å². The Hall–Kier alpha value is -2.35. The molecule has 0 radical (unpaired) electrons. The van der Waals surface area contributed by atoms with Gasteiger partial charge in [-0.3, -0.25) is 9.59 Å². The van der Waals surface area contributed by atoms with Crippen LogP contribution in [0.25, 0.3) is 0 Å². The van der Waals surface area contributed by atoms with Gasteiger partial charge in [-0.2, -0.15) is 0 Å². The standard InChI is InChI=1S/C15H19N3O4S/c1-21-11-5-3-4-10(8-11)17-15(23)18-7-6-16-14(20)12(18)9-13(19)22-2/h3-5,8,12H,6-7,9H2,1-2H3,(H,16,20)(H,17,23). The number of hydrogen-bond donors (Lipinski definition) is 2. The van der Waals surface area contributed by atoms with Crippen molar-refractivity contribution in [3.05, 3.63) is 24.3 Å². The molecule has 7 nitrogen and oxygen atoms in total. The number of methoxy groups -OCH3 is 2. The molecule has 1 saturated heterocycles. The van der Waals surface area contributed by atoms with E-state index in [4.69, 9.17) is 17.0 Å². The lowest BCUT2D eigenvalue weighted by Crippen LogP contribution is -2.58. The van der Waals surface area contributed by atoms with E-state index in [1.165, 1.54) is 7.11 Å². The summed E-state index contributed by atoms with van der Waals surface area (Å²) in [6.07, 6.45) is -0.0533. The van der Waals surface area contributed by atoms with Crippen molar-refractivity contribution in [2.45, 2.75) is 12.5 Å². The van der Waals surface area contributed by atoms with Crippen LogP contribution >= 0.6 is 12.2 Å². The molecular weight excluding hydrogens is 318 g/mol. The molecule has 1 aromatic rings. The van der Waals surface area contributed by atoms with E-state index >= 15 is 0 Å². The molecule has 1 amide bonds. The van der Waals surface area contributed by atoms with Gasteiger partial charge in [-0.05, 0) is 24.4 Å². The molecule has 0 spiro atoms. The Morgan fingerprint density at radius 2 is 2.26 bits per heavy atom. The number of carbonyl (C=O) groups excluding carboxylic acids is 2. The molecule has 2 N–H and O–H groups in total. The van der Waals surface area contributed by atoms with Crippen molar-refractivity contribution >= 4 is 34.9 Å². The van der Waals surface area contributed by atoms with E-state index in [9.17, 15) is 9.59 Å². The SMILES string of the molecule is COC(=O)CC1C(=O)NCCN1C(=S)Nc1cccc(OC)c1. The largest absolute Gasteiger partial charge is 0.497 e. The van der Waals surface area contributed by atoms with E-state index in [0.717, 1.165) is 5.69 Å². The summed E-state index contributed by atoms with van der Waals surface area (Å²) in [6, 6.07) is 6.61. The highest BCUT2D eigenvalue weighted by Gasteiger charge is 2.33. The number of hydrogen-bond acceptors (Lipinski definition) is 5. The number of rotatable bonds is 4. The van der Waals surface area contributed by atoms with Crippen LogP contribution in [-0.2, 0) is 14.3 Å². The molecule has 0 aliphatic carbocycles. The van der Waals surface area contributed by atoms with Gasteiger partial charge in [0, 0.05) is 24.8 Å². The minimum Gasteiger partial charge on any atom is -0.497 e. The van der Waals surface area contributed by atoms with Gasteiger partial charge < -0.3 is 25.0 Å². The zero-order valence-electron chi connectivity index (χ0n) is 13.0. The van der Waals surface area contributed by atoms with E-state index in [1.807, 2.05) is 18.2 Å². The zero-order chi connectivity index (χ0) is 16.8. The van der Waals surface area contributed by atoms with Gasteiger partial charge in [0.15, 0.2) is 5.11 Å². The van der Waals surface area contributed by atoms with Gasteiger partial charge in [0.05, 0.1) is 20.6 Å². The normalized spacial score (nSPS) is 17.2. The molecule has 2 rings (SSSR count). The van der Waals surface area contributed by atoms with Gasteiger partial charge in [0.25, 0.3) is 0 Å². The fraction of sp³-hybridized carbons (Fsp3) is 0.400. The second-order valence-corrected chi connectivity index (χ2v) is 5.33. The maximum Gasteiger partial charge on any atom is 0.308 e. The Morgan fingerprint density at radius 3 is 2.96 bits per heavy atom. The minimum absolute atomic E-state index is 0.0533. The fourth-order valence-corrected chi connectivity index (χ4v) is 2.63. The summed E-state index contributed by atoms with van der Waals surface area (Å²) in [5.74, 6) is -0.00188. The third-order valence-electron chi connectivity index (χ3n) is 3.50. The molecule has 23 heavy (non-hydrogen) atoms. The molecular formula is C15H19N3O4S. The topological polar surface area (TPSA) is 79.9 Å². The number of nitrogens with zero attached hydrogens (tertiary/aromatic N) is 1. The van der Waals surface area contributed by atoms with Crippen molar-refractivity contribution in [2.24, 2.45) is 0 Å². The number of benzene rings is 1. The Labute approximate surface area is 139 Å². The van der Waals surface area contributed by atoms with E-state index in [2.05, 4.69) is 15.4 Å². The Kier molecular flexibility index (Phi) is 5.75. The fourth-order valence-electron chi connectivity index (χ4n) is 2.30. The lowest BCUT2D eigenvalue weighted by Gasteiger charge is -2.36. The average Bonchev–Trinajstić information content (AvgIpc) is 2.56. The molecule has 1 aliphatic heterocycles. The van der Waals surface area contributed by atoms with Gasteiger partial charge in [0.2, 0.25) is 5.91 Å². The summed E-state index contributed by atoms with van der Waals surface area (Å²) < 4.78 is 9.82. The maximum absolute atomic E-state index is 12.0. The van der Waals surface area contributed by atoms with Gasteiger partial charge in [0.1, 0.15) is 11.8 Å². The Bertz CT molecular complexity index is 608. The summed E-state index contributed by atoms with van der Waals surface area (Å²) in [6.45, 7) is 0.986. The van der Waals surface area contributed by atoms with Gasteiger partial charge in [-0.25, -0.2) is 0 Å². The summed E-state index contributed by atoms with van der Waals surface area (Å²) in [5, 5.41) is 6.18. The first-order valence-corrected chi connectivity index (χ1v) is 7.52. The summed E-state index contributed by atoms with van der Waals surface area (Å²) in [5.41, 5.74) is 0.747.